The van der Waals surface area contributed by atoms with Crippen LogP contribution in [0.5, 0.6) is 0 Å². The van der Waals surface area contributed by atoms with Gasteiger partial charge in [0.05, 0.1) is 11.6 Å². The Morgan fingerprint density at radius 3 is 2.16 bits per heavy atom. The fourth-order valence-corrected chi connectivity index (χ4v) is 3.33. The minimum absolute atomic E-state index is 0.151. The number of nitrogens with one attached hydrogen (secondary N) is 1. The van der Waals surface area contributed by atoms with Gasteiger partial charge in [-0.25, -0.2) is 0 Å². The van der Waals surface area contributed by atoms with Gasteiger partial charge in [0.1, 0.15) is 0 Å². The second kappa shape index (κ2) is 9.16. The number of hydrogen-bond acceptors (Lipinski definition) is 2. The molecule has 2 rings (SSSR count). The summed E-state index contributed by atoms with van der Waals surface area (Å²) in [6, 6.07) is 17.1. The Kier molecular flexibility index (Phi) is 7.21. The maximum Gasteiger partial charge on any atom is 0.251 e. The molecule has 2 aromatic rings. The number of amides is 1. The standard InChI is InChI=1S/C21H26BrNO2/c1-3-21(25,4-2)19(14-16-8-6-5-7-9-16)23-20(24)18-12-10-17(15-22)11-13-18/h5-13,19,25H,3-4,14-15H2,1-2H3,(H,23,24)/t19-/m0/s1. The Labute approximate surface area is 158 Å². The van der Waals surface area contributed by atoms with Gasteiger partial charge in [0.2, 0.25) is 0 Å². The van der Waals surface area contributed by atoms with E-state index < -0.39 is 5.60 Å². The van der Waals surface area contributed by atoms with Crippen LogP contribution < -0.4 is 5.32 Å². The van der Waals surface area contributed by atoms with Crippen molar-refractivity contribution in [2.24, 2.45) is 0 Å². The molecule has 2 aromatic carbocycles. The fourth-order valence-electron chi connectivity index (χ4n) is 2.95. The van der Waals surface area contributed by atoms with Gasteiger partial charge < -0.3 is 10.4 Å². The van der Waals surface area contributed by atoms with E-state index in [0.717, 1.165) is 16.5 Å². The van der Waals surface area contributed by atoms with Crippen LogP contribution in [0.1, 0.15) is 48.2 Å². The average Bonchev–Trinajstić information content (AvgIpc) is 2.67. The molecule has 2 N–H and O–H groups in total. The molecule has 0 aliphatic heterocycles. The summed E-state index contributed by atoms with van der Waals surface area (Å²) in [6.07, 6.45) is 1.78. The Balaban J connectivity index is 2.20. The zero-order valence-electron chi connectivity index (χ0n) is 14.8. The molecule has 0 saturated carbocycles. The predicted molar refractivity (Wildman–Crippen MR) is 106 cm³/mol. The third-order valence-corrected chi connectivity index (χ3v) is 5.48. The lowest BCUT2D eigenvalue weighted by atomic mass is 9.84. The molecule has 0 fully saturated rings. The van der Waals surface area contributed by atoms with E-state index in [1.807, 2.05) is 68.4 Å². The number of rotatable bonds is 8. The van der Waals surface area contributed by atoms with E-state index in [1.165, 1.54) is 0 Å². The summed E-state index contributed by atoms with van der Waals surface area (Å²) >= 11 is 3.41. The summed E-state index contributed by atoms with van der Waals surface area (Å²) < 4.78 is 0. The molecule has 0 bridgehead atoms. The smallest absolute Gasteiger partial charge is 0.251 e. The minimum Gasteiger partial charge on any atom is -0.388 e. The van der Waals surface area contributed by atoms with E-state index >= 15 is 0 Å². The summed E-state index contributed by atoms with van der Waals surface area (Å²) in [5, 5.41) is 14.8. The predicted octanol–water partition coefficient (Wildman–Crippen LogP) is 4.47. The number of carbonyl (C=O) groups is 1. The Bertz CT molecular complexity index is 666. The summed E-state index contributed by atoms with van der Waals surface area (Å²) in [4.78, 5) is 12.7. The van der Waals surface area contributed by atoms with E-state index in [9.17, 15) is 9.90 Å². The number of aliphatic hydroxyl groups is 1. The van der Waals surface area contributed by atoms with Crippen LogP contribution in [0, 0.1) is 0 Å². The molecule has 0 aliphatic carbocycles. The number of hydrogen-bond donors (Lipinski definition) is 2. The quantitative estimate of drug-likeness (QED) is 0.638. The number of carbonyl (C=O) groups excluding carboxylic acids is 1. The zero-order chi connectivity index (χ0) is 18.3. The summed E-state index contributed by atoms with van der Waals surface area (Å²) in [5.74, 6) is -0.151. The van der Waals surface area contributed by atoms with Gasteiger partial charge in [-0.1, -0.05) is 72.2 Å². The van der Waals surface area contributed by atoms with Gasteiger partial charge in [-0.2, -0.15) is 0 Å². The third kappa shape index (κ3) is 5.16. The van der Waals surface area contributed by atoms with Crippen molar-refractivity contribution < 1.29 is 9.90 Å². The van der Waals surface area contributed by atoms with Crippen molar-refractivity contribution in [1.29, 1.82) is 0 Å². The van der Waals surface area contributed by atoms with E-state index in [-0.39, 0.29) is 11.9 Å². The van der Waals surface area contributed by atoms with Crippen molar-refractivity contribution in [3.05, 3.63) is 71.3 Å². The molecule has 0 spiro atoms. The van der Waals surface area contributed by atoms with Gasteiger partial charge in [-0.15, -0.1) is 0 Å². The van der Waals surface area contributed by atoms with Crippen molar-refractivity contribution in [2.45, 2.75) is 50.1 Å². The van der Waals surface area contributed by atoms with E-state index in [2.05, 4.69) is 21.2 Å². The van der Waals surface area contributed by atoms with Crippen LogP contribution in [0.4, 0.5) is 0 Å². The Morgan fingerprint density at radius 1 is 1.04 bits per heavy atom. The Morgan fingerprint density at radius 2 is 1.64 bits per heavy atom. The van der Waals surface area contributed by atoms with Crippen LogP contribution in [-0.4, -0.2) is 22.7 Å². The molecule has 0 aromatic heterocycles. The molecule has 0 heterocycles. The normalized spacial score (nSPS) is 12.6. The maximum absolute atomic E-state index is 12.7. The molecule has 0 aliphatic rings. The van der Waals surface area contributed by atoms with Gasteiger partial charge in [-0.3, -0.25) is 4.79 Å². The highest BCUT2D eigenvalue weighted by Crippen LogP contribution is 2.23. The molecular weight excluding hydrogens is 378 g/mol. The summed E-state index contributed by atoms with van der Waals surface area (Å²) in [6.45, 7) is 3.91. The van der Waals surface area contributed by atoms with E-state index in [0.29, 0.717) is 24.8 Å². The number of benzene rings is 2. The third-order valence-electron chi connectivity index (χ3n) is 4.83. The maximum atomic E-state index is 12.7. The molecule has 0 unspecified atom stereocenters. The Hall–Kier alpha value is -1.65. The first kappa shape index (κ1) is 19.7. The van der Waals surface area contributed by atoms with Gasteiger partial charge in [0.15, 0.2) is 0 Å². The largest absolute Gasteiger partial charge is 0.388 e. The molecular formula is C21H26BrNO2. The fraction of sp³-hybridized carbons (Fsp3) is 0.381. The molecule has 3 nitrogen and oxygen atoms in total. The highest BCUT2D eigenvalue weighted by Gasteiger charge is 2.34. The first-order valence-corrected chi connectivity index (χ1v) is 9.86. The summed E-state index contributed by atoms with van der Waals surface area (Å²) in [5.41, 5.74) is 1.90. The molecule has 4 heteroatoms. The van der Waals surface area contributed by atoms with Crippen LogP contribution in [0.2, 0.25) is 0 Å². The monoisotopic (exact) mass is 403 g/mol. The second-order valence-electron chi connectivity index (χ2n) is 6.36. The minimum atomic E-state index is -0.929. The van der Waals surface area contributed by atoms with Crippen molar-refractivity contribution in [2.75, 3.05) is 0 Å². The van der Waals surface area contributed by atoms with Gasteiger partial charge in [0.25, 0.3) is 5.91 Å². The average molecular weight is 404 g/mol. The lowest BCUT2D eigenvalue weighted by Crippen LogP contribution is -2.53. The highest BCUT2D eigenvalue weighted by atomic mass is 79.9. The molecule has 1 amide bonds. The molecule has 134 valence electrons. The molecule has 25 heavy (non-hydrogen) atoms. The van der Waals surface area contributed by atoms with E-state index in [1.54, 1.807) is 0 Å². The van der Waals surface area contributed by atoms with Crippen molar-refractivity contribution in [3.8, 4) is 0 Å². The first-order chi connectivity index (χ1) is 12.0. The van der Waals surface area contributed by atoms with Gasteiger partial charge >= 0.3 is 0 Å². The van der Waals surface area contributed by atoms with Gasteiger partial charge in [-0.05, 0) is 42.5 Å². The molecule has 0 saturated heterocycles. The SMILES string of the molecule is CCC(O)(CC)[C@H](Cc1ccccc1)NC(=O)c1ccc(CBr)cc1. The van der Waals surface area contributed by atoms with Crippen LogP contribution >= 0.6 is 15.9 Å². The first-order valence-electron chi connectivity index (χ1n) is 8.74. The number of halogens is 1. The zero-order valence-corrected chi connectivity index (χ0v) is 16.4. The lowest BCUT2D eigenvalue weighted by molar-refractivity contribution is -0.00491. The van der Waals surface area contributed by atoms with Crippen LogP contribution in [-0.2, 0) is 11.8 Å². The van der Waals surface area contributed by atoms with Crippen molar-refractivity contribution in [1.82, 2.24) is 5.32 Å². The summed E-state index contributed by atoms with van der Waals surface area (Å²) in [7, 11) is 0. The topological polar surface area (TPSA) is 49.3 Å². The van der Waals surface area contributed by atoms with E-state index in [4.69, 9.17) is 0 Å². The second-order valence-corrected chi connectivity index (χ2v) is 6.92. The van der Waals surface area contributed by atoms with Gasteiger partial charge in [0, 0.05) is 10.9 Å². The molecule has 1 atom stereocenters. The molecule has 0 radical (unpaired) electrons. The lowest BCUT2D eigenvalue weighted by Gasteiger charge is -2.35. The van der Waals surface area contributed by atoms with Crippen LogP contribution in [0.15, 0.2) is 54.6 Å². The number of alkyl halides is 1. The van der Waals surface area contributed by atoms with Crippen molar-refractivity contribution in [3.63, 3.8) is 0 Å². The van der Waals surface area contributed by atoms with Crippen LogP contribution in [0.25, 0.3) is 0 Å². The van der Waals surface area contributed by atoms with Crippen LogP contribution in [0.3, 0.4) is 0 Å². The highest BCUT2D eigenvalue weighted by molar-refractivity contribution is 9.08. The van der Waals surface area contributed by atoms with Crippen molar-refractivity contribution >= 4 is 21.8 Å².